The van der Waals surface area contributed by atoms with Crippen LogP contribution in [0.3, 0.4) is 0 Å². The fourth-order valence-corrected chi connectivity index (χ4v) is 5.13. The fourth-order valence-electron chi connectivity index (χ4n) is 3.30. The first-order valence-electron chi connectivity index (χ1n) is 10.2. The van der Waals surface area contributed by atoms with Gasteiger partial charge in [0.15, 0.2) is 10.0 Å². The molecule has 3 aromatic carbocycles. The number of carbonyl (C=O) groups excluding carboxylic acids is 1. The first-order valence-corrected chi connectivity index (χ1v) is 12.4. The van der Waals surface area contributed by atoms with Crippen molar-refractivity contribution in [3.8, 4) is 5.69 Å². The maximum absolute atomic E-state index is 13.2. The van der Waals surface area contributed by atoms with E-state index in [9.17, 15) is 9.59 Å². The predicted octanol–water partition coefficient (Wildman–Crippen LogP) is 5.44. The molecule has 1 amide bonds. The lowest BCUT2D eigenvalue weighted by atomic mass is 10.1. The highest BCUT2D eigenvalue weighted by molar-refractivity contribution is 8.00. The van der Waals surface area contributed by atoms with Crippen LogP contribution in [0.15, 0.2) is 88.0 Å². The van der Waals surface area contributed by atoms with Crippen LogP contribution in [-0.4, -0.2) is 25.9 Å². The molecule has 0 bridgehead atoms. The lowest BCUT2D eigenvalue weighted by Crippen LogP contribution is -2.26. The molecule has 0 radical (unpaired) electrons. The summed E-state index contributed by atoms with van der Waals surface area (Å²) >= 11 is 8.72. The van der Waals surface area contributed by atoms with Gasteiger partial charge >= 0.3 is 0 Å². The van der Waals surface area contributed by atoms with Crippen LogP contribution >= 0.6 is 34.7 Å². The molecule has 0 atom stereocenters. The number of nitrogens with one attached hydrogen (secondary N) is 1. The molecule has 0 aliphatic carbocycles. The van der Waals surface area contributed by atoms with Crippen molar-refractivity contribution in [2.45, 2.75) is 10.1 Å². The number of amides is 1. The summed E-state index contributed by atoms with van der Waals surface area (Å²) in [6.07, 6.45) is 0. The number of para-hydroxylation sites is 1. The van der Waals surface area contributed by atoms with Crippen molar-refractivity contribution in [3.05, 3.63) is 105 Å². The average Bonchev–Trinajstić information content (AvgIpc) is 3.32. The number of rotatable bonds is 6. The summed E-state index contributed by atoms with van der Waals surface area (Å²) in [6.45, 7) is 0. The Bertz CT molecular complexity index is 1540. The molecule has 2 aromatic heterocycles. The first kappa shape index (κ1) is 22.3. The van der Waals surface area contributed by atoms with E-state index >= 15 is 0 Å². The van der Waals surface area contributed by atoms with Gasteiger partial charge in [0.05, 0.1) is 11.1 Å². The summed E-state index contributed by atoms with van der Waals surface area (Å²) in [5, 5.41) is 17.3. The number of hydrogen-bond donors (Lipinski definition) is 1. The summed E-state index contributed by atoms with van der Waals surface area (Å²) in [7, 11) is 0. The molecule has 2 heterocycles. The number of anilines is 1. The Labute approximate surface area is 207 Å². The Morgan fingerprint density at radius 2 is 1.65 bits per heavy atom. The predicted molar refractivity (Wildman–Crippen MR) is 136 cm³/mol. The van der Waals surface area contributed by atoms with Crippen molar-refractivity contribution >= 4 is 56.5 Å². The number of aromatic nitrogens is 4. The molecule has 0 aliphatic rings. The Hall–Kier alpha value is -3.53. The molecular formula is C24H16ClN5O2S2. The van der Waals surface area contributed by atoms with E-state index in [2.05, 4.69) is 20.6 Å². The maximum atomic E-state index is 13.2. The van der Waals surface area contributed by atoms with Crippen LogP contribution in [0.5, 0.6) is 0 Å². The Balaban J connectivity index is 1.40. The van der Waals surface area contributed by atoms with Crippen LogP contribution < -0.4 is 10.9 Å². The van der Waals surface area contributed by atoms with Gasteiger partial charge < -0.3 is 0 Å². The third-order valence-electron chi connectivity index (χ3n) is 4.92. The first-order chi connectivity index (χ1) is 16.6. The molecule has 0 aliphatic heterocycles. The normalized spacial score (nSPS) is 11.0. The minimum Gasteiger partial charge on any atom is -0.295 e. The van der Waals surface area contributed by atoms with Gasteiger partial charge in [-0.3, -0.25) is 14.9 Å². The molecule has 1 N–H and O–H groups in total. The SMILES string of the molecule is O=C(Nc1nnc(SCc2ccc(Cl)cc2)s1)c1nn(-c2ccccc2)c(=O)c2ccccc12. The van der Waals surface area contributed by atoms with E-state index < -0.39 is 5.91 Å². The highest BCUT2D eigenvalue weighted by atomic mass is 35.5. The number of benzene rings is 3. The lowest BCUT2D eigenvalue weighted by molar-refractivity contribution is 0.102. The van der Waals surface area contributed by atoms with Crippen LogP contribution in [0.2, 0.25) is 5.02 Å². The number of carbonyl (C=O) groups is 1. The molecule has 168 valence electrons. The van der Waals surface area contributed by atoms with Crippen LogP contribution in [-0.2, 0) is 5.75 Å². The van der Waals surface area contributed by atoms with Crippen molar-refractivity contribution in [3.63, 3.8) is 0 Å². The van der Waals surface area contributed by atoms with E-state index in [0.29, 0.717) is 32.4 Å². The van der Waals surface area contributed by atoms with Gasteiger partial charge in [-0.15, -0.1) is 10.2 Å². The maximum Gasteiger partial charge on any atom is 0.279 e. The second-order valence-electron chi connectivity index (χ2n) is 7.19. The van der Waals surface area contributed by atoms with Gasteiger partial charge in [-0.05, 0) is 35.9 Å². The monoisotopic (exact) mass is 505 g/mol. The number of hydrogen-bond acceptors (Lipinski definition) is 7. The van der Waals surface area contributed by atoms with Gasteiger partial charge in [0.25, 0.3) is 11.5 Å². The molecule has 0 spiro atoms. The van der Waals surface area contributed by atoms with Crippen LogP contribution in [0.1, 0.15) is 16.1 Å². The van der Waals surface area contributed by atoms with Crippen molar-refractivity contribution in [1.82, 2.24) is 20.0 Å². The fraction of sp³-hybridized carbons (Fsp3) is 0.0417. The molecule has 7 nitrogen and oxygen atoms in total. The van der Waals surface area contributed by atoms with Crippen molar-refractivity contribution in [2.24, 2.45) is 0 Å². The van der Waals surface area contributed by atoms with Gasteiger partial charge in [-0.1, -0.05) is 83.2 Å². The largest absolute Gasteiger partial charge is 0.295 e. The van der Waals surface area contributed by atoms with Gasteiger partial charge in [0.1, 0.15) is 0 Å². The summed E-state index contributed by atoms with van der Waals surface area (Å²) in [5.41, 5.74) is 1.51. The third kappa shape index (κ3) is 4.72. The summed E-state index contributed by atoms with van der Waals surface area (Å²) in [6, 6.07) is 23.5. The quantitative estimate of drug-likeness (QED) is 0.244. The molecule has 0 saturated carbocycles. The zero-order valence-corrected chi connectivity index (χ0v) is 19.9. The van der Waals surface area contributed by atoms with Crippen LogP contribution in [0, 0.1) is 0 Å². The Morgan fingerprint density at radius 3 is 2.41 bits per heavy atom. The van der Waals surface area contributed by atoms with E-state index in [0.717, 1.165) is 9.90 Å². The van der Waals surface area contributed by atoms with Gasteiger partial charge in [0.2, 0.25) is 5.13 Å². The van der Waals surface area contributed by atoms with E-state index in [1.54, 1.807) is 36.4 Å². The highest BCUT2D eigenvalue weighted by Gasteiger charge is 2.19. The molecule has 0 unspecified atom stereocenters. The third-order valence-corrected chi connectivity index (χ3v) is 7.22. The van der Waals surface area contributed by atoms with Gasteiger partial charge in [-0.25, -0.2) is 0 Å². The topological polar surface area (TPSA) is 89.8 Å². The van der Waals surface area contributed by atoms with Gasteiger partial charge in [0, 0.05) is 16.2 Å². The minimum atomic E-state index is -0.466. The Kier molecular flexibility index (Phi) is 6.39. The summed E-state index contributed by atoms with van der Waals surface area (Å²) in [4.78, 5) is 26.2. The van der Waals surface area contributed by atoms with Crippen molar-refractivity contribution < 1.29 is 4.79 Å². The average molecular weight is 506 g/mol. The number of thioether (sulfide) groups is 1. The molecule has 34 heavy (non-hydrogen) atoms. The van der Waals surface area contributed by atoms with Crippen LogP contribution in [0.4, 0.5) is 5.13 Å². The molecule has 0 fully saturated rings. The highest BCUT2D eigenvalue weighted by Crippen LogP contribution is 2.29. The molecule has 0 saturated heterocycles. The second-order valence-corrected chi connectivity index (χ2v) is 9.83. The molecular weight excluding hydrogens is 490 g/mol. The van der Waals surface area contributed by atoms with E-state index in [1.807, 2.05) is 42.5 Å². The van der Waals surface area contributed by atoms with Crippen molar-refractivity contribution in [1.29, 1.82) is 0 Å². The number of fused-ring (bicyclic) bond motifs is 1. The van der Waals surface area contributed by atoms with Gasteiger partial charge in [-0.2, -0.15) is 9.78 Å². The smallest absolute Gasteiger partial charge is 0.279 e. The number of halogens is 1. The molecule has 10 heteroatoms. The Morgan fingerprint density at radius 1 is 0.941 bits per heavy atom. The van der Waals surface area contributed by atoms with E-state index in [-0.39, 0.29) is 11.3 Å². The zero-order valence-electron chi connectivity index (χ0n) is 17.5. The second kappa shape index (κ2) is 9.76. The van der Waals surface area contributed by atoms with Crippen LogP contribution in [0.25, 0.3) is 16.5 Å². The van der Waals surface area contributed by atoms with Crippen molar-refractivity contribution in [2.75, 3.05) is 5.32 Å². The number of nitrogens with zero attached hydrogens (tertiary/aromatic N) is 4. The molecule has 5 aromatic rings. The molecule has 5 rings (SSSR count). The summed E-state index contributed by atoms with van der Waals surface area (Å²) in [5.74, 6) is 0.236. The standard InChI is InChI=1S/C24H16ClN5O2S2/c25-16-12-10-15(11-13-16)14-33-24-28-27-23(34-24)26-21(31)20-18-8-4-5-9-19(18)22(32)30(29-20)17-6-2-1-3-7-17/h1-13H,14H2,(H,26,27,31). The minimum absolute atomic E-state index is 0.129. The lowest BCUT2D eigenvalue weighted by Gasteiger charge is -2.10. The summed E-state index contributed by atoms with van der Waals surface area (Å²) < 4.78 is 1.96. The van der Waals surface area contributed by atoms with E-state index in [4.69, 9.17) is 11.6 Å². The van der Waals surface area contributed by atoms with E-state index in [1.165, 1.54) is 27.8 Å². The zero-order chi connectivity index (χ0) is 23.5.